The minimum absolute atomic E-state index is 0.0311. The summed E-state index contributed by atoms with van der Waals surface area (Å²) in [7, 11) is 0. The maximum atomic E-state index is 12.4. The third-order valence-corrected chi connectivity index (χ3v) is 1.81. The zero-order valence-electron chi connectivity index (χ0n) is 8.49. The largest absolute Gasteiger partial charge is 0.574 e. The van der Waals surface area contributed by atoms with Gasteiger partial charge >= 0.3 is 12.5 Å². The second-order valence-electron chi connectivity index (χ2n) is 3.12. The quantitative estimate of drug-likeness (QED) is 0.852. The molecule has 1 aromatic rings. The lowest BCUT2D eigenvalue weighted by atomic mass is 10.2. The van der Waals surface area contributed by atoms with E-state index in [1.54, 1.807) is 0 Å². The lowest BCUT2D eigenvalue weighted by molar-refractivity contribution is -0.278. The predicted octanol–water partition coefficient (Wildman–Crippen LogP) is 3.23. The number of rotatable bonds is 2. The Morgan fingerprint density at radius 2 is 1.63 bits per heavy atom. The Kier molecular flexibility index (Phi) is 3.77. The SMILES string of the molecule is O=c1c(C(F)F)c[nH]c(OC(F)(F)F)c1C(F)(F)F. The Balaban J connectivity index is 3.50. The molecule has 0 aliphatic carbocycles. The summed E-state index contributed by atoms with van der Waals surface area (Å²) in [6, 6.07) is 0. The van der Waals surface area contributed by atoms with Gasteiger partial charge in [0.2, 0.25) is 11.3 Å². The van der Waals surface area contributed by atoms with E-state index >= 15 is 0 Å². The third kappa shape index (κ3) is 3.58. The van der Waals surface area contributed by atoms with Crippen molar-refractivity contribution in [1.29, 1.82) is 0 Å². The van der Waals surface area contributed by atoms with E-state index in [1.165, 1.54) is 4.98 Å². The molecular weight excluding hydrogens is 294 g/mol. The van der Waals surface area contributed by atoms with Gasteiger partial charge in [-0.05, 0) is 0 Å². The first-order valence-electron chi connectivity index (χ1n) is 4.30. The number of nitrogens with one attached hydrogen (secondary N) is 1. The molecule has 1 N–H and O–H groups in total. The highest BCUT2D eigenvalue weighted by Crippen LogP contribution is 2.35. The fraction of sp³-hybridized carbons (Fsp3) is 0.375. The van der Waals surface area contributed by atoms with E-state index in [0.29, 0.717) is 0 Å². The van der Waals surface area contributed by atoms with Crippen molar-refractivity contribution >= 4 is 0 Å². The summed E-state index contributed by atoms with van der Waals surface area (Å²) in [4.78, 5) is 12.3. The average molecular weight is 297 g/mol. The van der Waals surface area contributed by atoms with Crippen LogP contribution < -0.4 is 10.2 Å². The van der Waals surface area contributed by atoms with E-state index < -0.39 is 41.4 Å². The molecule has 0 aliphatic heterocycles. The lowest BCUT2D eigenvalue weighted by Crippen LogP contribution is -2.28. The number of aromatic amines is 1. The van der Waals surface area contributed by atoms with Gasteiger partial charge in [-0.25, -0.2) is 8.78 Å². The van der Waals surface area contributed by atoms with Crippen molar-refractivity contribution < 1.29 is 39.9 Å². The number of ether oxygens (including phenoxy) is 1. The molecule has 0 amide bonds. The first-order valence-corrected chi connectivity index (χ1v) is 4.30. The minimum atomic E-state index is -5.58. The first-order chi connectivity index (χ1) is 8.43. The second kappa shape index (κ2) is 4.70. The normalized spacial score (nSPS) is 12.9. The topological polar surface area (TPSA) is 42.1 Å². The number of pyridine rings is 1. The molecule has 1 heterocycles. The number of H-pyrrole nitrogens is 1. The first kappa shape index (κ1) is 15.2. The molecular formula is C8H3F8NO2. The van der Waals surface area contributed by atoms with E-state index in [1.807, 2.05) is 0 Å². The van der Waals surface area contributed by atoms with Crippen LogP contribution in [-0.4, -0.2) is 11.3 Å². The molecule has 0 atom stereocenters. The number of halogens is 8. The van der Waals surface area contributed by atoms with Crippen molar-refractivity contribution in [2.75, 3.05) is 0 Å². The maximum Gasteiger partial charge on any atom is 0.574 e. The third-order valence-electron chi connectivity index (χ3n) is 1.81. The van der Waals surface area contributed by atoms with E-state index in [0.717, 1.165) is 0 Å². The van der Waals surface area contributed by atoms with Crippen LogP contribution in [0.2, 0.25) is 0 Å². The Bertz CT molecular complexity index is 515. The number of hydrogen-bond donors (Lipinski definition) is 1. The van der Waals surface area contributed by atoms with Gasteiger partial charge in [-0.3, -0.25) is 4.79 Å². The van der Waals surface area contributed by atoms with Gasteiger partial charge in [-0.15, -0.1) is 13.2 Å². The Morgan fingerprint density at radius 3 is 2.00 bits per heavy atom. The molecule has 1 aromatic heterocycles. The maximum absolute atomic E-state index is 12.4. The van der Waals surface area contributed by atoms with Crippen molar-refractivity contribution in [3.8, 4) is 5.88 Å². The fourth-order valence-electron chi connectivity index (χ4n) is 1.14. The molecule has 0 aromatic carbocycles. The van der Waals surface area contributed by atoms with Gasteiger partial charge in [-0.1, -0.05) is 0 Å². The molecule has 19 heavy (non-hydrogen) atoms. The zero-order valence-corrected chi connectivity index (χ0v) is 8.49. The highest BCUT2D eigenvalue weighted by molar-refractivity contribution is 5.33. The van der Waals surface area contributed by atoms with Gasteiger partial charge in [0.15, 0.2) is 5.56 Å². The number of hydrogen-bond acceptors (Lipinski definition) is 2. The smallest absolute Gasteiger partial charge is 0.389 e. The molecule has 0 fully saturated rings. The summed E-state index contributed by atoms with van der Waals surface area (Å²) in [5, 5.41) is 0. The number of aromatic nitrogens is 1. The van der Waals surface area contributed by atoms with Gasteiger partial charge < -0.3 is 9.72 Å². The molecule has 11 heteroatoms. The van der Waals surface area contributed by atoms with Crippen molar-refractivity contribution in [1.82, 2.24) is 4.98 Å². The molecule has 0 saturated carbocycles. The summed E-state index contributed by atoms with van der Waals surface area (Å²) in [5.74, 6) is -1.99. The van der Waals surface area contributed by atoms with Crippen LogP contribution in [-0.2, 0) is 6.18 Å². The summed E-state index contributed by atoms with van der Waals surface area (Å²) in [6.07, 6.45) is -14.7. The Labute approximate surface area is 98.3 Å². The van der Waals surface area contributed by atoms with Gasteiger partial charge in [0.1, 0.15) is 0 Å². The molecule has 3 nitrogen and oxygen atoms in total. The van der Waals surface area contributed by atoms with Crippen molar-refractivity contribution in [3.63, 3.8) is 0 Å². The van der Waals surface area contributed by atoms with Crippen molar-refractivity contribution in [2.45, 2.75) is 19.0 Å². The van der Waals surface area contributed by atoms with Crippen LogP contribution in [0.1, 0.15) is 17.6 Å². The summed E-state index contributed by atoms with van der Waals surface area (Å²) in [6.45, 7) is 0. The second-order valence-corrected chi connectivity index (χ2v) is 3.12. The standard InChI is InChI=1S/C8H3F8NO2/c9-5(10)2-1-17-6(19-8(14,15)16)3(4(2)18)7(11,12)13/h1,5H,(H,17,18). The van der Waals surface area contributed by atoms with E-state index in [-0.39, 0.29) is 6.20 Å². The Hall–Kier alpha value is -1.81. The monoisotopic (exact) mass is 297 g/mol. The fourth-order valence-corrected chi connectivity index (χ4v) is 1.14. The molecule has 0 aliphatic rings. The molecule has 108 valence electrons. The summed E-state index contributed by atoms with van der Waals surface area (Å²) < 4.78 is 100. The van der Waals surface area contributed by atoms with Gasteiger partial charge in [-0.2, -0.15) is 13.2 Å². The van der Waals surface area contributed by atoms with Crippen LogP contribution in [0.5, 0.6) is 5.88 Å². The van der Waals surface area contributed by atoms with Crippen LogP contribution in [0.15, 0.2) is 11.0 Å². The summed E-state index contributed by atoms with van der Waals surface area (Å²) in [5.41, 5.74) is -6.36. The van der Waals surface area contributed by atoms with E-state index in [4.69, 9.17) is 0 Å². The molecule has 1 rings (SSSR count). The lowest BCUT2D eigenvalue weighted by Gasteiger charge is -2.15. The average Bonchev–Trinajstić information content (AvgIpc) is 2.11. The van der Waals surface area contributed by atoms with Crippen LogP contribution in [0.25, 0.3) is 0 Å². The van der Waals surface area contributed by atoms with Crippen molar-refractivity contribution in [3.05, 3.63) is 27.5 Å². The van der Waals surface area contributed by atoms with Crippen molar-refractivity contribution in [2.24, 2.45) is 0 Å². The molecule has 0 spiro atoms. The van der Waals surface area contributed by atoms with Crippen LogP contribution in [0.3, 0.4) is 0 Å². The highest BCUT2D eigenvalue weighted by atomic mass is 19.4. The van der Waals surface area contributed by atoms with Crippen LogP contribution in [0, 0.1) is 0 Å². The van der Waals surface area contributed by atoms with Gasteiger partial charge in [0, 0.05) is 6.20 Å². The molecule has 0 bridgehead atoms. The minimum Gasteiger partial charge on any atom is -0.389 e. The van der Waals surface area contributed by atoms with Crippen LogP contribution in [0.4, 0.5) is 35.1 Å². The highest BCUT2D eigenvalue weighted by Gasteiger charge is 2.43. The van der Waals surface area contributed by atoms with E-state index in [9.17, 15) is 39.9 Å². The van der Waals surface area contributed by atoms with Crippen LogP contribution >= 0.6 is 0 Å². The number of alkyl halides is 8. The van der Waals surface area contributed by atoms with E-state index in [2.05, 4.69) is 4.74 Å². The zero-order chi connectivity index (χ0) is 15.0. The molecule has 0 saturated heterocycles. The van der Waals surface area contributed by atoms with Gasteiger partial charge in [0.25, 0.3) is 6.43 Å². The van der Waals surface area contributed by atoms with Gasteiger partial charge in [0.05, 0.1) is 5.56 Å². The Morgan fingerprint density at radius 1 is 1.11 bits per heavy atom. The molecule has 0 radical (unpaired) electrons. The predicted molar refractivity (Wildman–Crippen MR) is 43.7 cm³/mol. The molecule has 0 unspecified atom stereocenters. The summed E-state index contributed by atoms with van der Waals surface area (Å²) >= 11 is 0.